The zero-order chi connectivity index (χ0) is 14.4. The first kappa shape index (κ1) is 14.3. The predicted molar refractivity (Wildman–Crippen MR) is 79.1 cm³/mol. The molecule has 1 N–H and O–H groups in total. The number of aromatic nitrogens is 2. The fourth-order valence-corrected chi connectivity index (χ4v) is 1.99. The van der Waals surface area contributed by atoms with Crippen molar-refractivity contribution in [1.82, 2.24) is 15.1 Å². The summed E-state index contributed by atoms with van der Waals surface area (Å²) in [5.74, 6) is 0.176. The highest BCUT2D eigenvalue weighted by atomic mass is 16.1. The van der Waals surface area contributed by atoms with E-state index in [0.717, 1.165) is 18.5 Å². The second-order valence-electron chi connectivity index (χ2n) is 5.00. The molecule has 0 aliphatic heterocycles. The number of carbonyl (C=O) groups is 1. The summed E-state index contributed by atoms with van der Waals surface area (Å²) < 4.78 is 1.88. The van der Waals surface area contributed by atoms with Crippen LogP contribution in [-0.4, -0.2) is 15.7 Å². The molecule has 106 valence electrons. The molecule has 0 spiro atoms. The molecule has 1 aromatic carbocycles. The Morgan fingerprint density at radius 3 is 2.70 bits per heavy atom. The molecule has 0 saturated heterocycles. The zero-order valence-corrected chi connectivity index (χ0v) is 12.0. The Labute approximate surface area is 119 Å². The van der Waals surface area contributed by atoms with E-state index in [9.17, 15) is 4.79 Å². The lowest BCUT2D eigenvalue weighted by atomic mass is 10.1. The van der Waals surface area contributed by atoms with Gasteiger partial charge in [0.05, 0.1) is 6.54 Å². The van der Waals surface area contributed by atoms with Gasteiger partial charge in [-0.2, -0.15) is 5.10 Å². The Morgan fingerprint density at radius 1 is 1.30 bits per heavy atom. The summed E-state index contributed by atoms with van der Waals surface area (Å²) in [6.45, 7) is 5.27. The summed E-state index contributed by atoms with van der Waals surface area (Å²) in [6, 6.07) is 10.0. The van der Waals surface area contributed by atoms with Gasteiger partial charge in [0.2, 0.25) is 5.91 Å². The number of benzene rings is 1. The van der Waals surface area contributed by atoms with Crippen LogP contribution < -0.4 is 5.32 Å². The van der Waals surface area contributed by atoms with Crippen LogP contribution in [0.4, 0.5) is 0 Å². The van der Waals surface area contributed by atoms with Crippen LogP contribution in [0.15, 0.2) is 42.7 Å². The minimum absolute atomic E-state index is 0.0632. The first-order valence-electron chi connectivity index (χ1n) is 7.02. The number of nitrogens with one attached hydrogen (secondary N) is 1. The fourth-order valence-electron chi connectivity index (χ4n) is 1.99. The maximum absolute atomic E-state index is 11.8. The maximum Gasteiger partial charge on any atom is 0.223 e. The van der Waals surface area contributed by atoms with Gasteiger partial charge >= 0.3 is 0 Å². The van der Waals surface area contributed by atoms with Crippen molar-refractivity contribution >= 4 is 5.91 Å². The van der Waals surface area contributed by atoms with Crippen molar-refractivity contribution < 1.29 is 4.79 Å². The Balaban J connectivity index is 2.03. The predicted octanol–water partition coefficient (Wildman–Crippen LogP) is 2.59. The van der Waals surface area contributed by atoms with Crippen LogP contribution in [-0.2, 0) is 17.9 Å². The third-order valence-corrected chi connectivity index (χ3v) is 3.52. The molecular formula is C16H21N3O. The Morgan fingerprint density at radius 2 is 2.05 bits per heavy atom. The lowest BCUT2D eigenvalue weighted by molar-refractivity contribution is -0.124. The minimum Gasteiger partial charge on any atom is -0.352 e. The van der Waals surface area contributed by atoms with Crippen molar-refractivity contribution in [2.24, 2.45) is 5.92 Å². The first-order valence-corrected chi connectivity index (χ1v) is 7.02. The summed E-state index contributed by atoms with van der Waals surface area (Å²) in [4.78, 5) is 11.8. The lowest BCUT2D eigenvalue weighted by Gasteiger charge is -2.13. The van der Waals surface area contributed by atoms with E-state index in [4.69, 9.17) is 0 Å². The summed E-state index contributed by atoms with van der Waals surface area (Å²) in [5.41, 5.74) is 2.32. The SMILES string of the molecule is CCC(C)C(=O)NCc1ccccc1Cn1cccn1. The topological polar surface area (TPSA) is 46.9 Å². The molecule has 1 heterocycles. The number of rotatable bonds is 6. The van der Waals surface area contributed by atoms with Crippen LogP contribution in [0.25, 0.3) is 0 Å². The molecule has 2 rings (SSSR count). The van der Waals surface area contributed by atoms with Crippen molar-refractivity contribution in [3.8, 4) is 0 Å². The fraction of sp³-hybridized carbons (Fsp3) is 0.375. The molecule has 2 aromatic rings. The monoisotopic (exact) mass is 271 g/mol. The molecule has 4 nitrogen and oxygen atoms in total. The van der Waals surface area contributed by atoms with Crippen LogP contribution in [0, 0.1) is 5.92 Å². The molecule has 20 heavy (non-hydrogen) atoms. The van der Waals surface area contributed by atoms with Gasteiger partial charge in [-0.25, -0.2) is 0 Å². The molecule has 4 heteroatoms. The van der Waals surface area contributed by atoms with Crippen molar-refractivity contribution in [2.45, 2.75) is 33.4 Å². The molecule has 1 atom stereocenters. The van der Waals surface area contributed by atoms with E-state index in [-0.39, 0.29) is 11.8 Å². The summed E-state index contributed by atoms with van der Waals surface area (Å²) in [5, 5.41) is 7.22. The largest absolute Gasteiger partial charge is 0.352 e. The number of nitrogens with zero attached hydrogens (tertiary/aromatic N) is 2. The van der Waals surface area contributed by atoms with Crippen molar-refractivity contribution in [1.29, 1.82) is 0 Å². The van der Waals surface area contributed by atoms with Gasteiger partial charge in [0.15, 0.2) is 0 Å². The average Bonchev–Trinajstić information content (AvgIpc) is 2.98. The van der Waals surface area contributed by atoms with E-state index < -0.39 is 0 Å². The Hall–Kier alpha value is -2.10. The smallest absolute Gasteiger partial charge is 0.223 e. The molecule has 0 radical (unpaired) electrons. The molecule has 0 aliphatic carbocycles. The first-order chi connectivity index (χ1) is 9.70. The number of amides is 1. The van der Waals surface area contributed by atoms with Crippen molar-refractivity contribution in [3.05, 3.63) is 53.9 Å². The minimum atomic E-state index is 0.0632. The molecule has 1 amide bonds. The summed E-state index contributed by atoms with van der Waals surface area (Å²) in [6.07, 6.45) is 4.57. The molecule has 0 aliphatic rings. The molecule has 0 saturated carbocycles. The van der Waals surface area contributed by atoms with Gasteiger partial charge in [-0.05, 0) is 23.6 Å². The molecule has 1 unspecified atom stereocenters. The van der Waals surface area contributed by atoms with Crippen molar-refractivity contribution in [3.63, 3.8) is 0 Å². The van der Waals surface area contributed by atoms with Gasteiger partial charge in [-0.1, -0.05) is 38.1 Å². The standard InChI is InChI=1S/C16H21N3O/c1-3-13(2)16(20)17-11-14-7-4-5-8-15(14)12-19-10-6-9-18-19/h4-10,13H,3,11-12H2,1-2H3,(H,17,20). The highest BCUT2D eigenvalue weighted by Crippen LogP contribution is 2.11. The quantitative estimate of drug-likeness (QED) is 0.878. The van der Waals surface area contributed by atoms with Gasteiger partial charge < -0.3 is 5.32 Å². The van der Waals surface area contributed by atoms with E-state index in [1.54, 1.807) is 6.20 Å². The van der Waals surface area contributed by atoms with E-state index in [0.29, 0.717) is 6.54 Å². The normalized spacial score (nSPS) is 12.1. The second kappa shape index (κ2) is 6.89. The van der Waals surface area contributed by atoms with Gasteiger partial charge in [0.1, 0.15) is 0 Å². The van der Waals surface area contributed by atoms with Gasteiger partial charge in [-0.3, -0.25) is 9.48 Å². The third kappa shape index (κ3) is 3.70. The van der Waals surface area contributed by atoms with Crippen LogP contribution >= 0.6 is 0 Å². The zero-order valence-electron chi connectivity index (χ0n) is 12.0. The highest BCUT2D eigenvalue weighted by molar-refractivity contribution is 5.78. The molecule has 0 bridgehead atoms. The van der Waals surface area contributed by atoms with Crippen LogP contribution in [0.3, 0.4) is 0 Å². The lowest BCUT2D eigenvalue weighted by Crippen LogP contribution is -2.28. The second-order valence-corrected chi connectivity index (χ2v) is 5.00. The van der Waals surface area contributed by atoms with Gasteiger partial charge in [0, 0.05) is 24.9 Å². The summed E-state index contributed by atoms with van der Waals surface area (Å²) >= 11 is 0. The number of hydrogen-bond donors (Lipinski definition) is 1. The van der Waals surface area contributed by atoms with E-state index in [2.05, 4.69) is 22.5 Å². The van der Waals surface area contributed by atoms with Crippen LogP contribution in [0.1, 0.15) is 31.4 Å². The molecular weight excluding hydrogens is 250 g/mol. The number of carbonyl (C=O) groups excluding carboxylic acids is 1. The molecule has 0 fully saturated rings. The van der Waals surface area contributed by atoms with Gasteiger partial charge in [0.25, 0.3) is 0 Å². The maximum atomic E-state index is 11.8. The van der Waals surface area contributed by atoms with E-state index in [1.165, 1.54) is 5.56 Å². The van der Waals surface area contributed by atoms with Crippen LogP contribution in [0.2, 0.25) is 0 Å². The van der Waals surface area contributed by atoms with E-state index in [1.807, 2.05) is 42.9 Å². The van der Waals surface area contributed by atoms with E-state index >= 15 is 0 Å². The van der Waals surface area contributed by atoms with Crippen molar-refractivity contribution in [2.75, 3.05) is 0 Å². The number of hydrogen-bond acceptors (Lipinski definition) is 2. The highest BCUT2D eigenvalue weighted by Gasteiger charge is 2.10. The average molecular weight is 271 g/mol. The van der Waals surface area contributed by atoms with Crippen LogP contribution in [0.5, 0.6) is 0 Å². The summed E-state index contributed by atoms with van der Waals surface area (Å²) in [7, 11) is 0. The Bertz CT molecular complexity index is 549. The third-order valence-electron chi connectivity index (χ3n) is 3.52. The Kier molecular flexibility index (Phi) is 4.93. The van der Waals surface area contributed by atoms with Gasteiger partial charge in [-0.15, -0.1) is 0 Å². The molecule has 1 aromatic heterocycles.